The minimum atomic E-state index is -4.85. The van der Waals surface area contributed by atoms with Gasteiger partial charge in [-0.05, 0) is 220 Å². The summed E-state index contributed by atoms with van der Waals surface area (Å²) >= 11 is 3.25. The maximum atomic E-state index is 13.2. The van der Waals surface area contributed by atoms with Crippen LogP contribution < -0.4 is 155 Å². The first-order valence-corrected chi connectivity index (χ1v) is 45.2. The number of ether oxygens (including phenoxy) is 3. The van der Waals surface area contributed by atoms with Gasteiger partial charge < -0.3 is 77.4 Å². The monoisotopic (exact) mass is 2020 g/mol. The number of halogens is 10. The van der Waals surface area contributed by atoms with E-state index in [0.717, 1.165) is 118 Å². The molecule has 8 fully saturated rings. The van der Waals surface area contributed by atoms with Gasteiger partial charge in [0.1, 0.15) is 28.6 Å². The zero-order valence-corrected chi connectivity index (χ0v) is 83.4. The maximum absolute atomic E-state index is 13.2. The normalized spacial score (nSPS) is 19.8. The average molecular weight is 2020 g/mol. The number of nitrogens with zero attached hydrogens (tertiary/aromatic N) is 6. The van der Waals surface area contributed by atoms with E-state index < -0.39 is 72.5 Å². The molecule has 4 aromatic heterocycles. The summed E-state index contributed by atoms with van der Waals surface area (Å²) in [6.07, 6.45) is 6.06. The predicted octanol–water partition coefficient (Wildman–Crippen LogP) is 14.8. The molecule has 0 spiro atoms. The molecule has 0 saturated carbocycles. The molecule has 11 aliphatic rings. The van der Waals surface area contributed by atoms with Gasteiger partial charge in [-0.15, -0.1) is 0 Å². The largest absolute Gasteiger partial charge is 1.00 e. The van der Waals surface area contributed by atoms with Crippen molar-refractivity contribution in [1.29, 1.82) is 0 Å². The molecule has 23 rings (SSSR count). The zero-order valence-electron chi connectivity index (χ0n) is 76.6. The van der Waals surface area contributed by atoms with Crippen molar-refractivity contribution in [3.05, 3.63) is 308 Å². The van der Waals surface area contributed by atoms with Crippen molar-refractivity contribution in [1.82, 2.24) is 35.0 Å². The molecule has 710 valence electrons. The van der Waals surface area contributed by atoms with Crippen LogP contribution in [0.1, 0.15) is 138 Å². The van der Waals surface area contributed by atoms with Crippen LogP contribution >= 0.6 is 15.9 Å². The number of nitrogens with two attached hydrogens (primary N) is 2. The molecule has 0 radical (unpaired) electrons. The number of ketones is 1. The SMILES string of the molecule is Brc1cccnc1.CO.Nc1cccc2c(=O)c3ccccc3oc12.Nc1cccc2c1Oc1ccccc1C2=C1CC2CCC(C1)N2C(=O)C(F)(F)F.O=C(N1C2CCC1CC(=C1c3ccccc3Oc3c(Nc4cccnc4)cccc31)C2)C(F)(F)F.O=C1CC2CCC(C1)N2C(=O)C(F)(F)F.O=CO[O-].[H-].[K+].[K+].c1cncc(Nc2cccc3c2Oc2ccccc2C3=C2CC3CCC(C2)N3)c1. The van der Waals surface area contributed by atoms with E-state index in [2.05, 4.69) is 94.2 Å². The number of hydrogen-bond donors (Lipinski definition) is 6. The van der Waals surface area contributed by atoms with E-state index in [1.807, 2.05) is 134 Å². The van der Waals surface area contributed by atoms with Crippen LogP contribution in [0.4, 0.5) is 73.6 Å². The Morgan fingerprint density at radius 3 is 1.18 bits per heavy atom. The number of piperidine rings is 4. The molecule has 24 nitrogen and oxygen atoms in total. The summed E-state index contributed by atoms with van der Waals surface area (Å²) in [5.74, 6) is -0.788. The minimum absolute atomic E-state index is 0. The summed E-state index contributed by atoms with van der Waals surface area (Å²) < 4.78 is 141. The number of benzene rings is 8. The number of amides is 3. The van der Waals surface area contributed by atoms with Crippen LogP contribution in [-0.2, 0) is 28.9 Å². The number of rotatable bonds is 5. The summed E-state index contributed by atoms with van der Waals surface area (Å²) in [4.78, 5) is 84.9. The van der Waals surface area contributed by atoms with Gasteiger partial charge in [-0.1, -0.05) is 126 Å². The van der Waals surface area contributed by atoms with Crippen molar-refractivity contribution in [2.45, 2.75) is 170 Å². The third-order valence-corrected chi connectivity index (χ3v) is 26.2. The van der Waals surface area contributed by atoms with Gasteiger partial charge in [0, 0.05) is 131 Å². The second-order valence-corrected chi connectivity index (χ2v) is 35.1. The molecule has 8 saturated heterocycles. The van der Waals surface area contributed by atoms with E-state index in [1.165, 1.54) is 29.5 Å². The third-order valence-electron chi connectivity index (χ3n) is 25.7. The standard InChI is InChI=1S/C27H22F3N3O2.C25H23N3O.C22H19F3N2O2.C13H9NO2.C9H10F3NO2.C5H4BrN.CH2O3.CH4O.2K.H/c28-27(29,30)26(34)33-18-10-11-19(33)14-16(13-18)24-20-6-1-2-9-23(20)35-25-21(24)7-3-8-22(25)32-17-5-4-12-31-15-17;1-2-9-23-20(6-1)24(16-13-17-10-11-18(14-16)27-17)21-7-3-8-22(25(21)29-23)28-19-5-4-12-26-15-19;23-22(24,25)21(28)27-13-8-9-14(27)11-12(10-13)19-15-4-1-2-7-18(15)29-20-16(19)5-3-6-17(20)26;14-10-6-3-5-9-12(15)8-4-1-2-7-11(8)16-13(9)10;10-9(11,12)8(15)13-5-1-2-6(13)4-7(14)3-5;6-5-2-1-3-7-4-5;2-1-4-3;1-2;;;/h1-9,12,15,18-19,32H,10-11,13-14H2;1-9,12,15,17-18,27-28H,10-11,13-14H2;1-7,13-14H,8-11,26H2;1-7H,14H2;5-6H,1-4H2;1-4H;1,3H;2H,1H3;;;/q;;;;;;;;2*+1;-1/p-1. The topological polar surface area (TPSA) is 332 Å². The van der Waals surface area contributed by atoms with Gasteiger partial charge in [0.05, 0.1) is 57.3 Å². The number of anilines is 6. The van der Waals surface area contributed by atoms with Crippen LogP contribution in [0.2, 0.25) is 0 Å². The fourth-order valence-corrected chi connectivity index (χ4v) is 20.5. The van der Waals surface area contributed by atoms with E-state index in [0.29, 0.717) is 133 Å². The Labute approximate surface area is 887 Å². The molecule has 8 N–H and O–H groups in total. The molecular weight excluding hydrogens is 1930 g/mol. The van der Waals surface area contributed by atoms with E-state index >= 15 is 0 Å². The summed E-state index contributed by atoms with van der Waals surface area (Å²) in [6, 6.07) is 63.9. The number of Topliss-reactive ketones (excluding diaryl/α,β-unsaturated/α-hetero) is 1. The molecule has 8 atom stereocenters. The van der Waals surface area contributed by atoms with Gasteiger partial charge in [0.15, 0.2) is 22.8 Å². The number of hydrogen-bond acceptors (Lipinski definition) is 21. The number of fused-ring (bicyclic) bond motifs is 16. The van der Waals surface area contributed by atoms with Crippen LogP contribution in [0.25, 0.3) is 38.7 Å². The Morgan fingerprint density at radius 2 is 0.791 bits per heavy atom. The molecule has 11 aliphatic heterocycles. The smallest absolute Gasteiger partial charge is 1.00 e. The maximum Gasteiger partial charge on any atom is 1.00 e. The number of nitrogens with one attached hydrogen (secondary N) is 3. The molecule has 3 amide bonds. The molecule has 8 unspecified atom stereocenters. The molecule has 15 heterocycles. The molecule has 8 bridgehead atoms. The summed E-state index contributed by atoms with van der Waals surface area (Å²) in [6.45, 7) is -0.181. The van der Waals surface area contributed by atoms with E-state index in [1.54, 1.807) is 73.0 Å². The van der Waals surface area contributed by atoms with E-state index in [4.69, 9.17) is 45.3 Å². The van der Waals surface area contributed by atoms with Gasteiger partial charge >= 0.3 is 139 Å². The average Bonchev–Trinajstić information content (AvgIpc) is 1.35. The van der Waals surface area contributed by atoms with Crippen molar-refractivity contribution in [3.63, 3.8) is 0 Å². The van der Waals surface area contributed by atoms with Crippen LogP contribution in [0, 0.1) is 0 Å². The van der Waals surface area contributed by atoms with Crippen LogP contribution in [0.3, 0.4) is 0 Å². The van der Waals surface area contributed by atoms with Gasteiger partial charge in [0.2, 0.25) is 5.43 Å². The first-order valence-electron chi connectivity index (χ1n) is 44.4. The van der Waals surface area contributed by atoms with Crippen molar-refractivity contribution in [3.8, 4) is 34.5 Å². The number of aliphatic hydroxyl groups excluding tert-OH is 1. The number of nitrogen functional groups attached to an aromatic ring is 2. The van der Waals surface area contributed by atoms with Crippen molar-refractivity contribution in [2.24, 2.45) is 0 Å². The van der Waals surface area contributed by atoms with Crippen molar-refractivity contribution < 1.29 is 202 Å². The first kappa shape index (κ1) is 104. The second-order valence-electron chi connectivity index (χ2n) is 34.2. The van der Waals surface area contributed by atoms with Crippen LogP contribution in [-0.4, -0.2) is 139 Å². The molecule has 139 heavy (non-hydrogen) atoms. The van der Waals surface area contributed by atoms with E-state index in [9.17, 15) is 63.5 Å². The third kappa shape index (κ3) is 23.3. The van der Waals surface area contributed by atoms with E-state index in [-0.39, 0.29) is 135 Å². The van der Waals surface area contributed by atoms with Crippen LogP contribution in [0.15, 0.2) is 274 Å². The van der Waals surface area contributed by atoms with Gasteiger partial charge in [-0.3, -0.25) is 43.7 Å². The van der Waals surface area contributed by atoms with Crippen molar-refractivity contribution in [2.75, 3.05) is 29.2 Å². The van der Waals surface area contributed by atoms with Gasteiger partial charge in [-0.25, -0.2) is 0 Å². The molecule has 8 aromatic carbocycles. The fraction of sp³-hybridized carbons (Fsp3) is 0.272. The summed E-state index contributed by atoms with van der Waals surface area (Å²) in [5.41, 5.74) is 30.5. The number of para-hydroxylation sites is 8. The Morgan fingerprint density at radius 1 is 0.446 bits per heavy atom. The zero-order chi connectivity index (χ0) is 96.6. The van der Waals surface area contributed by atoms with Gasteiger partial charge in [-0.2, -0.15) is 39.5 Å². The summed E-state index contributed by atoms with van der Waals surface area (Å²) in [5, 5.41) is 27.2. The number of pyridine rings is 3. The number of aliphatic hydroxyl groups is 1. The molecule has 0 aliphatic carbocycles. The Bertz CT molecular complexity index is 6630. The van der Waals surface area contributed by atoms with Crippen molar-refractivity contribution >= 4 is 119 Å². The minimum Gasteiger partial charge on any atom is -1.00 e. The molecule has 12 aromatic rings. The number of alkyl halides is 9. The Hall–Kier alpha value is -10.9. The fourth-order valence-electron chi connectivity index (χ4n) is 20.3. The summed E-state index contributed by atoms with van der Waals surface area (Å²) in [7, 11) is 1.00. The first-order chi connectivity index (χ1) is 66.1. The molecular formula is C103H93BrF9K2N11O13. The number of carbonyl (C=O) groups excluding carboxylic acids is 5. The van der Waals surface area contributed by atoms with Crippen LogP contribution in [0.5, 0.6) is 34.5 Å². The quantitative estimate of drug-likeness (QED) is 0.0177. The van der Waals surface area contributed by atoms with Gasteiger partial charge in [0.25, 0.3) is 6.47 Å². The molecule has 36 heteroatoms. The second kappa shape index (κ2) is 45.8. The Balaban J connectivity index is 0.000000145. The predicted molar refractivity (Wildman–Crippen MR) is 500 cm³/mol. The number of aromatic nitrogens is 3. The Kier molecular flexibility index (Phi) is 34.2. The number of carbonyl (C=O) groups is 5.